The van der Waals surface area contributed by atoms with Crippen molar-refractivity contribution in [2.75, 3.05) is 22.1 Å². The predicted molar refractivity (Wildman–Crippen MR) is 126 cm³/mol. The molecule has 2 aliphatic heterocycles. The lowest BCUT2D eigenvalue weighted by molar-refractivity contribution is -0.116. The molecule has 2 atom stereocenters. The standard InChI is InChI=1S/C25H27F2N5O/c1-14-7-8-32(21-6-4-5-20-24(21)29-15(2)9-23(33)30-20)22-11-19(25(26)27)18(10-17(14)22)16-12-28-31(3)13-16/h4-6,10-15,25,29H,7-9H2,1-3H3,(H,30,33). The maximum absolute atomic E-state index is 14.2. The summed E-state index contributed by atoms with van der Waals surface area (Å²) in [6.07, 6.45) is 2.04. The fraction of sp³-hybridized carbons (Fsp3) is 0.360. The first kappa shape index (κ1) is 21.4. The van der Waals surface area contributed by atoms with Crippen molar-refractivity contribution < 1.29 is 13.6 Å². The van der Waals surface area contributed by atoms with Crippen LogP contribution in [0, 0.1) is 0 Å². The number of halogens is 2. The SMILES string of the molecule is CC1CC(=O)Nc2cccc(N3CCC(C)c4cc(-c5cnn(C)c5)c(C(F)F)cc43)c2N1. The van der Waals surface area contributed by atoms with Crippen molar-refractivity contribution in [2.24, 2.45) is 7.05 Å². The van der Waals surface area contributed by atoms with E-state index in [0.29, 0.717) is 29.8 Å². The van der Waals surface area contributed by atoms with E-state index in [1.807, 2.05) is 31.2 Å². The number of rotatable bonds is 3. The Hall–Kier alpha value is -3.42. The van der Waals surface area contributed by atoms with E-state index in [2.05, 4.69) is 27.6 Å². The summed E-state index contributed by atoms with van der Waals surface area (Å²) in [6, 6.07) is 9.24. The van der Waals surface area contributed by atoms with E-state index < -0.39 is 6.43 Å². The van der Waals surface area contributed by atoms with Crippen LogP contribution in [0.4, 0.5) is 31.5 Å². The van der Waals surface area contributed by atoms with Gasteiger partial charge in [-0.15, -0.1) is 0 Å². The van der Waals surface area contributed by atoms with Gasteiger partial charge in [-0.05, 0) is 54.7 Å². The monoisotopic (exact) mass is 451 g/mol. The van der Waals surface area contributed by atoms with Gasteiger partial charge < -0.3 is 15.5 Å². The summed E-state index contributed by atoms with van der Waals surface area (Å²) in [5.74, 6) is 0.187. The van der Waals surface area contributed by atoms with Crippen molar-refractivity contribution in [2.45, 2.75) is 45.1 Å². The molecule has 0 saturated heterocycles. The van der Waals surface area contributed by atoms with E-state index in [1.165, 1.54) is 0 Å². The molecule has 5 rings (SSSR count). The van der Waals surface area contributed by atoms with Gasteiger partial charge in [0.25, 0.3) is 6.43 Å². The summed E-state index contributed by atoms with van der Waals surface area (Å²) >= 11 is 0. The number of para-hydroxylation sites is 1. The average molecular weight is 452 g/mol. The molecule has 2 aromatic carbocycles. The number of alkyl halides is 2. The van der Waals surface area contributed by atoms with Crippen molar-refractivity contribution in [1.29, 1.82) is 0 Å². The molecule has 2 N–H and O–H groups in total. The smallest absolute Gasteiger partial charge is 0.264 e. The van der Waals surface area contributed by atoms with Gasteiger partial charge in [-0.1, -0.05) is 13.0 Å². The van der Waals surface area contributed by atoms with E-state index in [4.69, 9.17) is 0 Å². The number of nitrogens with zero attached hydrogens (tertiary/aromatic N) is 3. The number of hydrogen-bond donors (Lipinski definition) is 2. The number of hydrogen-bond acceptors (Lipinski definition) is 4. The van der Waals surface area contributed by atoms with Gasteiger partial charge in [-0.3, -0.25) is 9.48 Å². The molecule has 6 nitrogen and oxygen atoms in total. The van der Waals surface area contributed by atoms with Crippen LogP contribution in [0.2, 0.25) is 0 Å². The van der Waals surface area contributed by atoms with Gasteiger partial charge in [-0.2, -0.15) is 5.10 Å². The maximum atomic E-state index is 14.2. The fourth-order valence-corrected chi connectivity index (χ4v) is 4.89. The molecule has 0 bridgehead atoms. The zero-order valence-corrected chi connectivity index (χ0v) is 18.9. The quantitative estimate of drug-likeness (QED) is 0.527. The zero-order chi connectivity index (χ0) is 23.3. The minimum atomic E-state index is -2.62. The summed E-state index contributed by atoms with van der Waals surface area (Å²) in [5.41, 5.74) is 5.45. The highest BCUT2D eigenvalue weighted by Gasteiger charge is 2.30. The molecule has 2 unspecified atom stereocenters. The molecule has 172 valence electrons. The molecule has 1 amide bonds. The number of fused-ring (bicyclic) bond motifs is 2. The van der Waals surface area contributed by atoms with Crippen LogP contribution in [0.1, 0.15) is 50.2 Å². The first-order valence-electron chi connectivity index (χ1n) is 11.2. The Morgan fingerprint density at radius 2 is 2.00 bits per heavy atom. The lowest BCUT2D eigenvalue weighted by Gasteiger charge is -2.37. The number of nitrogens with one attached hydrogen (secondary N) is 2. The van der Waals surface area contributed by atoms with Crippen LogP contribution in [0.15, 0.2) is 42.7 Å². The largest absolute Gasteiger partial charge is 0.379 e. The number of aryl methyl sites for hydroxylation is 1. The molecule has 33 heavy (non-hydrogen) atoms. The molecular weight excluding hydrogens is 424 g/mol. The Morgan fingerprint density at radius 3 is 2.73 bits per heavy atom. The van der Waals surface area contributed by atoms with E-state index in [9.17, 15) is 13.6 Å². The van der Waals surface area contributed by atoms with Gasteiger partial charge in [0.2, 0.25) is 5.91 Å². The molecule has 2 aliphatic rings. The third-order valence-electron chi connectivity index (χ3n) is 6.55. The van der Waals surface area contributed by atoms with Crippen LogP contribution >= 0.6 is 0 Å². The van der Waals surface area contributed by atoms with Crippen LogP contribution in [0.3, 0.4) is 0 Å². The van der Waals surface area contributed by atoms with Crippen molar-refractivity contribution in [3.63, 3.8) is 0 Å². The van der Waals surface area contributed by atoms with E-state index in [-0.39, 0.29) is 23.4 Å². The third-order valence-corrected chi connectivity index (χ3v) is 6.55. The van der Waals surface area contributed by atoms with Gasteiger partial charge in [0.15, 0.2) is 0 Å². The molecule has 1 aromatic heterocycles. The first-order chi connectivity index (χ1) is 15.8. The van der Waals surface area contributed by atoms with E-state index in [0.717, 1.165) is 29.0 Å². The summed E-state index contributed by atoms with van der Waals surface area (Å²) in [7, 11) is 1.78. The Morgan fingerprint density at radius 1 is 1.18 bits per heavy atom. The van der Waals surface area contributed by atoms with Gasteiger partial charge in [0.1, 0.15) is 0 Å². The van der Waals surface area contributed by atoms with Gasteiger partial charge >= 0.3 is 0 Å². The summed E-state index contributed by atoms with van der Waals surface area (Å²) < 4.78 is 30.1. The van der Waals surface area contributed by atoms with E-state index >= 15 is 0 Å². The third kappa shape index (κ3) is 3.83. The second kappa shape index (κ2) is 8.17. The molecule has 0 spiro atoms. The van der Waals surface area contributed by atoms with Gasteiger partial charge in [0.05, 0.1) is 23.3 Å². The Labute approximate surface area is 191 Å². The lowest BCUT2D eigenvalue weighted by Crippen LogP contribution is -2.28. The molecule has 0 saturated carbocycles. The molecule has 0 aliphatic carbocycles. The number of anilines is 4. The predicted octanol–water partition coefficient (Wildman–Crippen LogP) is 5.81. The van der Waals surface area contributed by atoms with Crippen LogP contribution in [0.25, 0.3) is 11.1 Å². The highest BCUT2D eigenvalue weighted by molar-refractivity contribution is 6.00. The summed E-state index contributed by atoms with van der Waals surface area (Å²) in [5, 5.41) is 10.6. The van der Waals surface area contributed by atoms with Crippen molar-refractivity contribution in [3.05, 3.63) is 53.9 Å². The van der Waals surface area contributed by atoms with E-state index in [1.54, 1.807) is 30.2 Å². The average Bonchev–Trinajstić information content (AvgIpc) is 3.14. The maximum Gasteiger partial charge on any atom is 0.264 e. The summed E-state index contributed by atoms with van der Waals surface area (Å²) in [6.45, 7) is 4.80. The minimum Gasteiger partial charge on any atom is -0.379 e. The topological polar surface area (TPSA) is 62.2 Å². The van der Waals surface area contributed by atoms with Gasteiger partial charge in [-0.25, -0.2) is 8.78 Å². The molecular formula is C25H27F2N5O. The fourth-order valence-electron chi connectivity index (χ4n) is 4.89. The van der Waals surface area contributed by atoms with Crippen molar-refractivity contribution >= 4 is 28.7 Å². The molecule has 3 heterocycles. The molecule has 0 fully saturated rings. The van der Waals surface area contributed by atoms with Crippen molar-refractivity contribution in [3.8, 4) is 11.1 Å². The van der Waals surface area contributed by atoms with Crippen LogP contribution in [0.5, 0.6) is 0 Å². The van der Waals surface area contributed by atoms with Crippen LogP contribution < -0.4 is 15.5 Å². The molecule has 0 radical (unpaired) electrons. The first-order valence-corrected chi connectivity index (χ1v) is 11.2. The Bertz CT molecular complexity index is 1220. The van der Waals surface area contributed by atoms with Crippen LogP contribution in [-0.4, -0.2) is 28.3 Å². The minimum absolute atomic E-state index is 0.00231. The normalized spacial score (nSPS) is 20.1. The number of aromatic nitrogens is 2. The number of benzene rings is 2. The Balaban J connectivity index is 1.67. The van der Waals surface area contributed by atoms with Crippen molar-refractivity contribution in [1.82, 2.24) is 9.78 Å². The highest BCUT2D eigenvalue weighted by Crippen LogP contribution is 2.47. The summed E-state index contributed by atoms with van der Waals surface area (Å²) in [4.78, 5) is 14.3. The highest BCUT2D eigenvalue weighted by atomic mass is 19.3. The lowest BCUT2D eigenvalue weighted by atomic mass is 9.86. The number of carbonyl (C=O) groups is 1. The zero-order valence-electron chi connectivity index (χ0n) is 18.9. The van der Waals surface area contributed by atoms with Gasteiger partial charge in [0, 0.05) is 49.1 Å². The molecule has 8 heteroatoms. The second-order valence-corrected chi connectivity index (χ2v) is 9.04. The van der Waals surface area contributed by atoms with Crippen LogP contribution in [-0.2, 0) is 11.8 Å². The molecule has 3 aromatic rings. The number of carbonyl (C=O) groups excluding carboxylic acids is 1. The number of amides is 1. The second-order valence-electron chi connectivity index (χ2n) is 9.04. The Kier molecular flexibility index (Phi) is 5.31.